The number of ketones is 1. The topological polar surface area (TPSA) is 98.0 Å². The molecule has 7 nitrogen and oxygen atoms in total. The second-order valence-corrected chi connectivity index (χ2v) is 6.98. The van der Waals surface area contributed by atoms with Gasteiger partial charge in [0, 0.05) is 6.42 Å². The van der Waals surface area contributed by atoms with Crippen molar-refractivity contribution < 1.29 is 14.7 Å². The summed E-state index contributed by atoms with van der Waals surface area (Å²) in [6.07, 6.45) is 1.17. The summed E-state index contributed by atoms with van der Waals surface area (Å²) in [5, 5.41) is 21.0. The van der Waals surface area contributed by atoms with E-state index in [9.17, 15) is 9.59 Å². The summed E-state index contributed by atoms with van der Waals surface area (Å²) >= 11 is 1.27. The number of Topliss-reactive ketones (excluding diaryl/α,β-unsaturated/α-hetero) is 1. The van der Waals surface area contributed by atoms with Crippen molar-refractivity contribution in [2.75, 3.05) is 5.75 Å². The number of tetrazole rings is 1. The molecule has 0 aliphatic heterocycles. The molecular weight excluding hydrogens is 364 g/mol. The molecule has 0 amide bonds. The summed E-state index contributed by atoms with van der Waals surface area (Å²) in [5.41, 5.74) is 3.16. The normalized spacial score (nSPS) is 10.7. The highest BCUT2D eigenvalue weighted by Crippen LogP contribution is 2.19. The molecule has 0 spiro atoms. The Hall–Kier alpha value is -3.00. The molecule has 1 aromatic heterocycles. The molecule has 0 aliphatic carbocycles. The number of aryl methyl sites for hydroxylation is 2. The molecule has 0 aliphatic rings. The molecule has 0 atom stereocenters. The van der Waals surface area contributed by atoms with Crippen molar-refractivity contribution in [1.82, 2.24) is 20.2 Å². The van der Waals surface area contributed by atoms with Crippen molar-refractivity contribution in [2.24, 2.45) is 0 Å². The molecular formula is C19H18N4O3S. The van der Waals surface area contributed by atoms with Crippen molar-refractivity contribution in [3.8, 4) is 5.69 Å². The number of carbonyl (C=O) groups is 2. The van der Waals surface area contributed by atoms with E-state index in [0.717, 1.165) is 5.56 Å². The van der Waals surface area contributed by atoms with Gasteiger partial charge in [-0.15, -0.1) is 5.10 Å². The van der Waals surface area contributed by atoms with Gasteiger partial charge in [0.15, 0.2) is 0 Å². The van der Waals surface area contributed by atoms with Crippen LogP contribution < -0.4 is 0 Å². The summed E-state index contributed by atoms with van der Waals surface area (Å²) < 4.78 is 1.49. The third-order valence-electron chi connectivity index (χ3n) is 3.98. The van der Waals surface area contributed by atoms with Gasteiger partial charge in [0.2, 0.25) is 5.16 Å². The van der Waals surface area contributed by atoms with Crippen LogP contribution >= 0.6 is 11.8 Å². The number of nitrogens with zero attached hydrogens (tertiary/aromatic N) is 4. The summed E-state index contributed by atoms with van der Waals surface area (Å²) in [7, 11) is 0. The number of aromatic carboxylic acids is 1. The van der Waals surface area contributed by atoms with Crippen LogP contribution in [0.4, 0.5) is 0 Å². The zero-order valence-corrected chi connectivity index (χ0v) is 15.5. The lowest BCUT2D eigenvalue weighted by Crippen LogP contribution is -2.06. The Kier molecular flexibility index (Phi) is 5.97. The van der Waals surface area contributed by atoms with Gasteiger partial charge in [-0.3, -0.25) is 4.79 Å². The summed E-state index contributed by atoms with van der Waals surface area (Å²) in [6, 6.07) is 14.4. The van der Waals surface area contributed by atoms with Crippen LogP contribution in [0.25, 0.3) is 5.69 Å². The number of benzene rings is 2. The summed E-state index contributed by atoms with van der Waals surface area (Å²) in [5.74, 6) is -0.595. The first-order chi connectivity index (χ1) is 13.0. The zero-order valence-electron chi connectivity index (χ0n) is 14.7. The summed E-state index contributed by atoms with van der Waals surface area (Å²) in [6.45, 7) is 2.03. The third kappa shape index (κ3) is 5.01. The Bertz CT molecular complexity index is 936. The predicted molar refractivity (Wildman–Crippen MR) is 101 cm³/mol. The predicted octanol–water partition coefficient (Wildman–Crippen LogP) is 2.96. The van der Waals surface area contributed by atoms with Crippen LogP contribution in [-0.4, -0.2) is 42.8 Å². The smallest absolute Gasteiger partial charge is 0.335 e. The van der Waals surface area contributed by atoms with Gasteiger partial charge in [-0.25, -0.2) is 4.79 Å². The highest BCUT2D eigenvalue weighted by Gasteiger charge is 2.12. The number of carbonyl (C=O) groups excluding carboxylic acids is 1. The fourth-order valence-corrected chi connectivity index (χ4v) is 3.22. The fraction of sp³-hybridized carbons (Fsp3) is 0.211. The largest absolute Gasteiger partial charge is 0.478 e. The Morgan fingerprint density at radius 2 is 1.78 bits per heavy atom. The van der Waals surface area contributed by atoms with Crippen LogP contribution in [-0.2, 0) is 11.2 Å². The van der Waals surface area contributed by atoms with Gasteiger partial charge in [-0.05, 0) is 53.6 Å². The van der Waals surface area contributed by atoms with E-state index in [4.69, 9.17) is 5.11 Å². The van der Waals surface area contributed by atoms with Crippen molar-refractivity contribution in [1.29, 1.82) is 0 Å². The lowest BCUT2D eigenvalue weighted by atomic mass is 10.1. The SMILES string of the molecule is Cc1ccc(CCC(=O)CSc2nnnn2-c2ccc(C(=O)O)cc2)cc1. The number of hydrogen-bond donors (Lipinski definition) is 1. The Balaban J connectivity index is 1.57. The molecule has 1 N–H and O–H groups in total. The van der Waals surface area contributed by atoms with E-state index < -0.39 is 5.97 Å². The van der Waals surface area contributed by atoms with Gasteiger partial charge < -0.3 is 5.11 Å². The second-order valence-electron chi connectivity index (χ2n) is 6.04. The van der Waals surface area contributed by atoms with Crippen LogP contribution in [0.1, 0.15) is 27.9 Å². The van der Waals surface area contributed by atoms with Crippen LogP contribution in [0.5, 0.6) is 0 Å². The zero-order chi connectivity index (χ0) is 19.2. The standard InChI is InChI=1S/C19H18N4O3S/c1-13-2-4-14(5-3-13)6-11-17(24)12-27-19-20-21-22-23(19)16-9-7-15(8-10-16)18(25)26/h2-5,7-10H,6,11-12H2,1H3,(H,25,26). The molecule has 0 saturated carbocycles. The molecule has 1 heterocycles. The average Bonchev–Trinajstić information content (AvgIpc) is 3.14. The monoisotopic (exact) mass is 382 g/mol. The number of hydrogen-bond acceptors (Lipinski definition) is 6. The lowest BCUT2D eigenvalue weighted by Gasteiger charge is -2.05. The first kappa shape index (κ1) is 18.8. The van der Waals surface area contributed by atoms with Gasteiger partial charge >= 0.3 is 5.97 Å². The van der Waals surface area contributed by atoms with Gasteiger partial charge in [0.25, 0.3) is 0 Å². The number of thioether (sulfide) groups is 1. The maximum Gasteiger partial charge on any atom is 0.335 e. The molecule has 138 valence electrons. The molecule has 0 bridgehead atoms. The molecule has 2 aromatic carbocycles. The molecule has 3 aromatic rings. The first-order valence-corrected chi connectivity index (χ1v) is 9.33. The van der Waals surface area contributed by atoms with Crippen molar-refractivity contribution in [3.63, 3.8) is 0 Å². The molecule has 0 fully saturated rings. The number of carboxylic acids is 1. The minimum Gasteiger partial charge on any atom is -0.478 e. The van der Waals surface area contributed by atoms with E-state index in [1.54, 1.807) is 12.1 Å². The molecule has 27 heavy (non-hydrogen) atoms. The quantitative estimate of drug-likeness (QED) is 0.598. The average molecular weight is 382 g/mol. The highest BCUT2D eigenvalue weighted by molar-refractivity contribution is 7.99. The van der Waals surface area contributed by atoms with E-state index in [1.165, 1.54) is 34.1 Å². The minimum absolute atomic E-state index is 0.122. The molecule has 8 heteroatoms. The number of aromatic nitrogens is 4. The van der Waals surface area contributed by atoms with Crippen molar-refractivity contribution in [3.05, 3.63) is 65.2 Å². The van der Waals surface area contributed by atoms with Crippen LogP contribution in [0.2, 0.25) is 0 Å². The maximum absolute atomic E-state index is 12.2. The fourth-order valence-electron chi connectivity index (χ4n) is 2.43. The first-order valence-electron chi connectivity index (χ1n) is 8.35. The second kappa shape index (κ2) is 8.59. The molecule has 0 unspecified atom stereocenters. The molecule has 0 saturated heterocycles. The van der Waals surface area contributed by atoms with Crippen LogP contribution in [0, 0.1) is 6.92 Å². The van der Waals surface area contributed by atoms with E-state index in [-0.39, 0.29) is 17.1 Å². The highest BCUT2D eigenvalue weighted by atomic mass is 32.2. The Morgan fingerprint density at radius 1 is 1.07 bits per heavy atom. The van der Waals surface area contributed by atoms with Crippen LogP contribution in [0.15, 0.2) is 53.7 Å². The van der Waals surface area contributed by atoms with E-state index >= 15 is 0 Å². The Labute approximate surface area is 160 Å². The molecule has 0 radical (unpaired) electrons. The maximum atomic E-state index is 12.2. The molecule has 3 rings (SSSR count). The van der Waals surface area contributed by atoms with E-state index in [0.29, 0.717) is 23.7 Å². The van der Waals surface area contributed by atoms with Gasteiger partial charge in [-0.2, -0.15) is 4.68 Å². The minimum atomic E-state index is -0.993. The third-order valence-corrected chi connectivity index (χ3v) is 4.95. The van der Waals surface area contributed by atoms with E-state index in [1.807, 2.05) is 31.2 Å². The number of rotatable bonds is 8. The number of carboxylic acid groups (broad SMARTS) is 1. The Morgan fingerprint density at radius 3 is 2.44 bits per heavy atom. The van der Waals surface area contributed by atoms with E-state index in [2.05, 4.69) is 15.5 Å². The van der Waals surface area contributed by atoms with Gasteiger partial charge in [0.05, 0.1) is 17.0 Å². The lowest BCUT2D eigenvalue weighted by molar-refractivity contribution is -0.116. The summed E-state index contributed by atoms with van der Waals surface area (Å²) in [4.78, 5) is 23.1. The van der Waals surface area contributed by atoms with Crippen molar-refractivity contribution in [2.45, 2.75) is 24.9 Å². The van der Waals surface area contributed by atoms with Gasteiger partial charge in [0.1, 0.15) is 5.78 Å². The van der Waals surface area contributed by atoms with Crippen molar-refractivity contribution >= 4 is 23.5 Å². The van der Waals surface area contributed by atoms with Gasteiger partial charge in [-0.1, -0.05) is 41.6 Å². The van der Waals surface area contributed by atoms with Crippen LogP contribution in [0.3, 0.4) is 0 Å².